The van der Waals surface area contributed by atoms with Crippen molar-refractivity contribution in [2.75, 3.05) is 6.54 Å². The molecule has 1 aromatic carbocycles. The molecule has 1 saturated heterocycles. The number of hydrogen-bond donors (Lipinski definition) is 2. The van der Waals surface area contributed by atoms with Crippen LogP contribution in [0.4, 0.5) is 4.39 Å². The lowest BCUT2D eigenvalue weighted by Gasteiger charge is -2.13. The molecule has 5 heteroatoms. The molecule has 1 atom stereocenters. The quantitative estimate of drug-likeness (QED) is 0.841. The van der Waals surface area contributed by atoms with Gasteiger partial charge in [-0.25, -0.2) is 9.18 Å². The number of hydrogen-bond acceptors (Lipinski definition) is 2. The van der Waals surface area contributed by atoms with Gasteiger partial charge in [0.25, 0.3) is 0 Å². The summed E-state index contributed by atoms with van der Waals surface area (Å²) in [7, 11) is 0. The smallest absolute Gasteiger partial charge is 0.336 e. The highest BCUT2D eigenvalue weighted by Gasteiger charge is 2.22. The molecule has 0 bridgehead atoms. The number of benzene rings is 1. The Bertz CT molecular complexity index is 392. The molecule has 2 N–H and O–H groups in total. The predicted octanol–water partition coefficient (Wildman–Crippen LogP) is 2.37. The first-order valence-electron chi connectivity index (χ1n) is 4.94. The lowest BCUT2D eigenvalue weighted by Crippen LogP contribution is -2.16. The Morgan fingerprint density at radius 3 is 2.81 bits per heavy atom. The van der Waals surface area contributed by atoms with E-state index in [2.05, 4.69) is 5.32 Å². The minimum absolute atomic E-state index is 0. The summed E-state index contributed by atoms with van der Waals surface area (Å²) < 4.78 is 13.0. The first kappa shape index (κ1) is 12.9. The Kier molecular flexibility index (Phi) is 4.26. The number of rotatable bonds is 2. The minimum Gasteiger partial charge on any atom is -0.478 e. The van der Waals surface area contributed by atoms with Gasteiger partial charge in [-0.1, -0.05) is 0 Å². The van der Waals surface area contributed by atoms with Crippen molar-refractivity contribution in [3.63, 3.8) is 0 Å². The second-order valence-electron chi connectivity index (χ2n) is 3.69. The SMILES string of the molecule is Cl.O=C(O)c1ccc(F)cc1[C@@H]1CCCN1. The molecule has 0 spiro atoms. The summed E-state index contributed by atoms with van der Waals surface area (Å²) in [6, 6.07) is 3.80. The molecule has 16 heavy (non-hydrogen) atoms. The fraction of sp³-hybridized carbons (Fsp3) is 0.364. The number of carbonyl (C=O) groups is 1. The Morgan fingerprint density at radius 1 is 1.50 bits per heavy atom. The summed E-state index contributed by atoms with van der Waals surface area (Å²) in [5, 5.41) is 12.1. The molecular weight excluding hydrogens is 233 g/mol. The monoisotopic (exact) mass is 245 g/mol. The van der Waals surface area contributed by atoms with Gasteiger partial charge in [-0.2, -0.15) is 0 Å². The van der Waals surface area contributed by atoms with Crippen LogP contribution in [0.2, 0.25) is 0 Å². The largest absolute Gasteiger partial charge is 0.478 e. The first-order valence-corrected chi connectivity index (χ1v) is 4.94. The highest BCUT2D eigenvalue weighted by atomic mass is 35.5. The van der Waals surface area contributed by atoms with E-state index in [4.69, 9.17) is 5.11 Å². The van der Waals surface area contributed by atoms with Crippen LogP contribution in [0.1, 0.15) is 34.8 Å². The third-order valence-electron chi connectivity index (χ3n) is 2.68. The van der Waals surface area contributed by atoms with Gasteiger partial charge < -0.3 is 10.4 Å². The normalized spacial score (nSPS) is 19.2. The van der Waals surface area contributed by atoms with Gasteiger partial charge in [0.1, 0.15) is 5.82 Å². The second kappa shape index (κ2) is 5.27. The lowest BCUT2D eigenvalue weighted by molar-refractivity contribution is 0.0695. The molecule has 0 radical (unpaired) electrons. The Morgan fingerprint density at radius 2 is 2.25 bits per heavy atom. The maximum atomic E-state index is 13.0. The van der Waals surface area contributed by atoms with Crippen LogP contribution >= 0.6 is 12.4 Å². The van der Waals surface area contributed by atoms with Gasteiger partial charge in [0.2, 0.25) is 0 Å². The van der Waals surface area contributed by atoms with Crippen molar-refractivity contribution in [3.8, 4) is 0 Å². The van der Waals surface area contributed by atoms with Gasteiger partial charge in [0, 0.05) is 6.04 Å². The van der Waals surface area contributed by atoms with Gasteiger partial charge in [0.15, 0.2) is 0 Å². The standard InChI is InChI=1S/C11H12FNO2.ClH/c12-7-3-4-8(11(14)15)9(6-7)10-2-1-5-13-10;/h3-4,6,10,13H,1-2,5H2,(H,14,15);1H/t10-;/m0./s1. The van der Waals surface area contributed by atoms with Gasteiger partial charge in [-0.15, -0.1) is 12.4 Å². The van der Waals surface area contributed by atoms with E-state index in [0.29, 0.717) is 5.56 Å². The molecule has 2 rings (SSSR count). The number of carboxylic acids is 1. The Hall–Kier alpha value is -1.13. The molecule has 0 saturated carbocycles. The van der Waals surface area contributed by atoms with Crippen LogP contribution in [0.15, 0.2) is 18.2 Å². The van der Waals surface area contributed by atoms with E-state index in [9.17, 15) is 9.18 Å². The van der Waals surface area contributed by atoms with Crippen LogP contribution in [0, 0.1) is 5.82 Å². The molecule has 1 aliphatic rings. The van der Waals surface area contributed by atoms with Crippen LogP contribution in [0.5, 0.6) is 0 Å². The molecule has 0 aromatic heterocycles. The molecule has 1 aromatic rings. The number of halogens is 2. The van der Waals surface area contributed by atoms with Crippen molar-refractivity contribution in [3.05, 3.63) is 35.1 Å². The first-order chi connectivity index (χ1) is 7.18. The van der Waals surface area contributed by atoms with Gasteiger partial charge >= 0.3 is 5.97 Å². The van der Waals surface area contributed by atoms with E-state index in [0.717, 1.165) is 19.4 Å². The Balaban J connectivity index is 0.00000128. The van der Waals surface area contributed by atoms with Crippen molar-refractivity contribution >= 4 is 18.4 Å². The molecule has 3 nitrogen and oxygen atoms in total. The molecule has 88 valence electrons. The summed E-state index contributed by atoms with van der Waals surface area (Å²) in [5.41, 5.74) is 0.746. The summed E-state index contributed by atoms with van der Waals surface area (Å²) in [6.45, 7) is 0.861. The van der Waals surface area contributed by atoms with Crippen LogP contribution in [-0.4, -0.2) is 17.6 Å². The van der Waals surface area contributed by atoms with E-state index in [1.54, 1.807) is 0 Å². The average molecular weight is 246 g/mol. The lowest BCUT2D eigenvalue weighted by atomic mass is 9.99. The van der Waals surface area contributed by atoms with Crippen molar-refractivity contribution < 1.29 is 14.3 Å². The molecule has 0 aliphatic carbocycles. The van der Waals surface area contributed by atoms with Gasteiger partial charge in [-0.05, 0) is 43.1 Å². The summed E-state index contributed by atoms with van der Waals surface area (Å²) in [5.74, 6) is -1.39. The molecule has 1 aliphatic heterocycles. The molecule has 0 amide bonds. The van der Waals surface area contributed by atoms with E-state index in [1.165, 1.54) is 18.2 Å². The molecule has 1 heterocycles. The fourth-order valence-corrected chi connectivity index (χ4v) is 1.97. The zero-order chi connectivity index (χ0) is 10.8. The van der Waals surface area contributed by atoms with Crippen LogP contribution in [-0.2, 0) is 0 Å². The van der Waals surface area contributed by atoms with Crippen LogP contribution in [0.25, 0.3) is 0 Å². The summed E-state index contributed by atoms with van der Waals surface area (Å²) >= 11 is 0. The number of nitrogens with one attached hydrogen (secondary N) is 1. The average Bonchev–Trinajstić information content (AvgIpc) is 2.69. The topological polar surface area (TPSA) is 49.3 Å². The molecule has 0 unspecified atom stereocenters. The zero-order valence-corrected chi connectivity index (χ0v) is 9.39. The van der Waals surface area contributed by atoms with E-state index < -0.39 is 5.97 Å². The zero-order valence-electron chi connectivity index (χ0n) is 8.57. The van der Waals surface area contributed by atoms with E-state index in [1.807, 2.05) is 0 Å². The number of aromatic carboxylic acids is 1. The maximum Gasteiger partial charge on any atom is 0.336 e. The van der Waals surface area contributed by atoms with E-state index >= 15 is 0 Å². The van der Waals surface area contributed by atoms with Gasteiger partial charge in [-0.3, -0.25) is 0 Å². The van der Waals surface area contributed by atoms with Crippen LogP contribution < -0.4 is 5.32 Å². The van der Waals surface area contributed by atoms with Crippen molar-refractivity contribution in [1.82, 2.24) is 5.32 Å². The highest BCUT2D eigenvalue weighted by Crippen LogP contribution is 2.26. The maximum absolute atomic E-state index is 13.0. The summed E-state index contributed by atoms with van der Waals surface area (Å²) in [6.07, 6.45) is 1.87. The number of carboxylic acid groups (broad SMARTS) is 1. The van der Waals surface area contributed by atoms with Gasteiger partial charge in [0.05, 0.1) is 5.56 Å². The molecule has 1 fully saturated rings. The predicted molar refractivity (Wildman–Crippen MR) is 60.6 cm³/mol. The third kappa shape index (κ3) is 2.51. The van der Waals surface area contributed by atoms with Crippen molar-refractivity contribution in [2.24, 2.45) is 0 Å². The van der Waals surface area contributed by atoms with Crippen molar-refractivity contribution in [2.45, 2.75) is 18.9 Å². The van der Waals surface area contributed by atoms with Crippen LogP contribution in [0.3, 0.4) is 0 Å². The van der Waals surface area contributed by atoms with E-state index in [-0.39, 0.29) is 29.8 Å². The summed E-state index contributed by atoms with van der Waals surface area (Å²) in [4.78, 5) is 10.9. The second-order valence-corrected chi connectivity index (χ2v) is 3.69. The fourth-order valence-electron chi connectivity index (χ4n) is 1.97. The Labute approximate surface area is 99.1 Å². The highest BCUT2D eigenvalue weighted by molar-refractivity contribution is 5.89. The third-order valence-corrected chi connectivity index (χ3v) is 2.68. The minimum atomic E-state index is -1.00. The van der Waals surface area contributed by atoms with Crippen molar-refractivity contribution in [1.29, 1.82) is 0 Å². The molecular formula is C11H13ClFNO2.